The highest BCUT2D eigenvalue weighted by molar-refractivity contribution is 7.47. The van der Waals surface area contributed by atoms with E-state index in [-0.39, 0.29) is 32.1 Å². The monoisotopic (exact) mass is 737 g/mol. The summed E-state index contributed by atoms with van der Waals surface area (Å²) in [6.45, 7) is 3.37. The van der Waals surface area contributed by atoms with Crippen LogP contribution in [0.5, 0.6) is 0 Å². The molecular weight excluding hydrogens is 665 g/mol. The van der Waals surface area contributed by atoms with Crippen molar-refractivity contribution in [2.45, 2.75) is 161 Å². The molecule has 294 valence electrons. The molecule has 0 spiro atoms. The third-order valence-electron chi connectivity index (χ3n) is 7.96. The van der Waals surface area contributed by atoms with Crippen LogP contribution in [0.1, 0.15) is 155 Å². The summed E-state index contributed by atoms with van der Waals surface area (Å²) in [5.74, 6) is -0.542. The lowest BCUT2D eigenvalue weighted by molar-refractivity contribution is -0.147. The zero-order chi connectivity index (χ0) is 37.5. The Balaban J connectivity index is 3.67. The van der Waals surface area contributed by atoms with Crippen molar-refractivity contribution in [3.63, 3.8) is 0 Å². The molecule has 51 heavy (non-hydrogen) atoms. The highest BCUT2D eigenvalue weighted by Crippen LogP contribution is 2.42. The van der Waals surface area contributed by atoms with Gasteiger partial charge in [0.15, 0.2) is 0 Å². The molecule has 2 unspecified atom stereocenters. The number of unbranched alkanes of at least 4 members (excludes halogenated alkanes) is 13. The van der Waals surface area contributed by atoms with Gasteiger partial charge in [-0.15, -0.1) is 0 Å². The minimum Gasteiger partial charge on any atom is -0.463 e. The van der Waals surface area contributed by atoms with Crippen LogP contribution in [0.3, 0.4) is 0 Å². The van der Waals surface area contributed by atoms with E-state index in [9.17, 15) is 24.2 Å². The number of aliphatic hydroxyl groups is 1. The number of nitrogens with one attached hydrogen (secondary N) is 1. The van der Waals surface area contributed by atoms with Gasteiger partial charge in [-0.3, -0.25) is 18.6 Å². The number of hydrogen-bond acceptors (Lipinski definition) is 7. The van der Waals surface area contributed by atoms with Gasteiger partial charge in [0.25, 0.3) is 0 Å². The van der Waals surface area contributed by atoms with Crippen LogP contribution >= 0.6 is 7.82 Å². The molecule has 0 bridgehead atoms. The molecule has 0 aliphatic carbocycles. The summed E-state index contributed by atoms with van der Waals surface area (Å²) in [6, 6.07) is 0. The van der Waals surface area contributed by atoms with Gasteiger partial charge in [-0.25, -0.2) is 4.57 Å². The van der Waals surface area contributed by atoms with Crippen LogP contribution in [0.15, 0.2) is 60.8 Å². The van der Waals surface area contributed by atoms with Crippen molar-refractivity contribution in [2.24, 2.45) is 0 Å². The maximum atomic E-state index is 12.0. The van der Waals surface area contributed by atoms with Crippen molar-refractivity contribution < 1.29 is 37.9 Å². The smallest absolute Gasteiger partial charge is 0.463 e. The fourth-order valence-corrected chi connectivity index (χ4v) is 5.75. The van der Waals surface area contributed by atoms with E-state index in [1.807, 2.05) is 0 Å². The first-order chi connectivity index (χ1) is 24.8. The summed E-state index contributed by atoms with van der Waals surface area (Å²) in [6.07, 6.45) is 43.0. The third kappa shape index (κ3) is 38.8. The number of phosphoric ester groups is 1. The fraction of sp³-hybridized carbons (Fsp3) is 0.707. The molecule has 0 aromatic rings. The second-order valence-corrected chi connectivity index (χ2v) is 14.3. The molecule has 0 saturated carbocycles. The average molecular weight is 738 g/mol. The normalized spacial score (nSPS) is 14.0. The predicted molar refractivity (Wildman–Crippen MR) is 210 cm³/mol. The van der Waals surface area contributed by atoms with Gasteiger partial charge >= 0.3 is 13.8 Å². The number of hydrogen-bond donors (Lipinski definition) is 3. The van der Waals surface area contributed by atoms with Gasteiger partial charge in [0, 0.05) is 19.4 Å². The number of amides is 1. The van der Waals surface area contributed by atoms with Crippen molar-refractivity contribution in [1.29, 1.82) is 0 Å². The molecule has 0 fully saturated rings. The van der Waals surface area contributed by atoms with Crippen LogP contribution in [0.25, 0.3) is 0 Å². The zero-order valence-electron chi connectivity index (χ0n) is 32.0. The second-order valence-electron chi connectivity index (χ2n) is 12.9. The molecule has 0 rings (SSSR count). The highest BCUT2D eigenvalue weighted by atomic mass is 31.2. The lowest BCUT2D eigenvalue weighted by Gasteiger charge is -2.15. The van der Waals surface area contributed by atoms with Crippen molar-refractivity contribution >= 4 is 19.7 Å². The summed E-state index contributed by atoms with van der Waals surface area (Å²) < 4.78 is 26.7. The third-order valence-corrected chi connectivity index (χ3v) is 8.95. The van der Waals surface area contributed by atoms with Gasteiger partial charge in [-0.05, 0) is 57.8 Å². The van der Waals surface area contributed by atoms with Gasteiger partial charge in [-0.2, -0.15) is 0 Å². The predicted octanol–water partition coefficient (Wildman–Crippen LogP) is 10.5. The number of phosphoric acid groups is 1. The van der Waals surface area contributed by atoms with E-state index in [4.69, 9.17) is 13.8 Å². The summed E-state index contributed by atoms with van der Waals surface area (Å²) in [4.78, 5) is 33.7. The van der Waals surface area contributed by atoms with Crippen LogP contribution in [-0.4, -0.2) is 54.3 Å². The van der Waals surface area contributed by atoms with E-state index in [1.165, 1.54) is 38.5 Å². The quantitative estimate of drug-likeness (QED) is 0.0251. The number of aliphatic hydroxyl groups excluding tert-OH is 1. The first-order valence-corrected chi connectivity index (χ1v) is 21.3. The Hall–Kier alpha value is -2.29. The van der Waals surface area contributed by atoms with Gasteiger partial charge < -0.3 is 20.1 Å². The van der Waals surface area contributed by atoms with E-state index in [0.717, 1.165) is 83.5 Å². The molecular formula is C41H72NO8P. The van der Waals surface area contributed by atoms with Crippen LogP contribution in [-0.2, 0) is 27.9 Å². The highest BCUT2D eigenvalue weighted by Gasteiger charge is 2.23. The zero-order valence-corrected chi connectivity index (χ0v) is 32.9. The lowest BCUT2D eigenvalue weighted by Crippen LogP contribution is -2.27. The number of allylic oxidation sites excluding steroid dienone is 10. The molecule has 0 aliphatic rings. The summed E-state index contributed by atoms with van der Waals surface area (Å²) >= 11 is 0. The molecule has 0 radical (unpaired) electrons. The minimum absolute atomic E-state index is 0.0780. The largest absolute Gasteiger partial charge is 0.472 e. The number of carbonyl (C=O) groups is 2. The maximum Gasteiger partial charge on any atom is 0.472 e. The van der Waals surface area contributed by atoms with Gasteiger partial charge in [0.2, 0.25) is 5.91 Å². The Labute approximate surface area is 310 Å². The van der Waals surface area contributed by atoms with E-state index >= 15 is 0 Å². The molecule has 0 aromatic carbocycles. The Morgan fingerprint density at radius 1 is 0.627 bits per heavy atom. The molecule has 0 saturated heterocycles. The van der Waals surface area contributed by atoms with Crippen molar-refractivity contribution in [3.8, 4) is 0 Å². The Kier molecular flexibility index (Phi) is 35.8. The van der Waals surface area contributed by atoms with Crippen LogP contribution in [0.4, 0.5) is 0 Å². The fourth-order valence-electron chi connectivity index (χ4n) is 4.99. The van der Waals surface area contributed by atoms with Gasteiger partial charge in [0.1, 0.15) is 12.7 Å². The Bertz CT molecular complexity index is 1020. The number of ether oxygens (including phenoxy) is 1. The number of carbonyl (C=O) groups excluding carboxylic acids is 2. The van der Waals surface area contributed by atoms with Gasteiger partial charge in [0.05, 0.1) is 13.2 Å². The molecule has 0 heterocycles. The Morgan fingerprint density at radius 2 is 1.12 bits per heavy atom. The molecule has 2 atom stereocenters. The van der Waals surface area contributed by atoms with Crippen LogP contribution in [0.2, 0.25) is 0 Å². The summed E-state index contributed by atoms with van der Waals surface area (Å²) in [7, 11) is -4.41. The average Bonchev–Trinajstić information content (AvgIpc) is 3.11. The SMILES string of the molecule is CC/C=C\C/C=C\C/C=C\C/C=C\C/C=C\CCCCCCCC(=O)OCC(O)COP(=O)(O)OCCNC(=O)CCCCCCCCCCC. The molecule has 9 nitrogen and oxygen atoms in total. The van der Waals surface area contributed by atoms with E-state index < -0.39 is 26.5 Å². The number of esters is 1. The minimum atomic E-state index is -4.41. The molecule has 0 aromatic heterocycles. The second kappa shape index (κ2) is 37.5. The number of rotatable bonds is 36. The first kappa shape index (κ1) is 48.7. The molecule has 1 amide bonds. The summed E-state index contributed by atoms with van der Waals surface area (Å²) in [5, 5.41) is 12.6. The molecule has 3 N–H and O–H groups in total. The van der Waals surface area contributed by atoms with E-state index in [0.29, 0.717) is 12.8 Å². The maximum absolute atomic E-state index is 12.0. The Morgan fingerprint density at radius 3 is 1.69 bits per heavy atom. The topological polar surface area (TPSA) is 131 Å². The van der Waals surface area contributed by atoms with Crippen molar-refractivity contribution in [1.82, 2.24) is 5.32 Å². The van der Waals surface area contributed by atoms with Crippen LogP contribution in [0, 0.1) is 0 Å². The van der Waals surface area contributed by atoms with Gasteiger partial charge in [-0.1, -0.05) is 145 Å². The van der Waals surface area contributed by atoms with Crippen molar-refractivity contribution in [3.05, 3.63) is 60.8 Å². The summed E-state index contributed by atoms with van der Waals surface area (Å²) in [5.41, 5.74) is 0. The molecule has 0 aliphatic heterocycles. The standard InChI is InChI=1S/C41H72NO8P/c1-3-5-7-9-11-13-14-15-16-17-18-19-20-21-22-23-24-26-28-30-32-34-41(45)48-37-39(43)38-50-51(46,47)49-36-35-42-40(44)33-31-29-27-25-12-10-8-6-4-2/h5,7,11,13,15-16,18-19,21-22,39,43H,3-4,6,8-10,12,14,17,20,23-38H2,1-2H3,(H,42,44)(H,46,47)/b7-5-,13-11-,16-15-,19-18-,22-21-. The van der Waals surface area contributed by atoms with E-state index in [1.54, 1.807) is 0 Å². The van der Waals surface area contributed by atoms with Crippen LogP contribution < -0.4 is 5.32 Å². The van der Waals surface area contributed by atoms with E-state index in [2.05, 4.69) is 79.9 Å². The molecule has 10 heteroatoms. The first-order valence-electron chi connectivity index (χ1n) is 19.8. The lowest BCUT2D eigenvalue weighted by atomic mass is 10.1. The van der Waals surface area contributed by atoms with Crippen molar-refractivity contribution in [2.75, 3.05) is 26.4 Å².